The van der Waals surface area contributed by atoms with Crippen molar-refractivity contribution in [3.8, 4) is 22.8 Å². The normalized spacial score (nSPS) is 18.8. The van der Waals surface area contributed by atoms with Crippen molar-refractivity contribution in [2.45, 2.75) is 6.29 Å². The van der Waals surface area contributed by atoms with Gasteiger partial charge in [-0.15, -0.1) is 8.78 Å². The Labute approximate surface area is 148 Å². The highest BCUT2D eigenvalue weighted by Crippen LogP contribution is 2.42. The lowest BCUT2D eigenvalue weighted by Gasteiger charge is -2.32. The average molecular weight is 361 g/mol. The lowest BCUT2D eigenvalue weighted by atomic mass is 10.1. The van der Waals surface area contributed by atoms with Crippen LogP contribution in [0.5, 0.6) is 11.5 Å². The predicted molar refractivity (Wildman–Crippen MR) is 89.3 cm³/mol. The van der Waals surface area contributed by atoms with Gasteiger partial charge in [-0.05, 0) is 37.4 Å². The Kier molecular flexibility index (Phi) is 3.99. The van der Waals surface area contributed by atoms with Gasteiger partial charge in [0.2, 0.25) is 0 Å². The highest BCUT2D eigenvalue weighted by molar-refractivity contribution is 5.95. The number of nitrogens with zero attached hydrogens (tertiary/aromatic N) is 3. The van der Waals surface area contributed by atoms with Crippen LogP contribution >= 0.6 is 0 Å². The summed E-state index contributed by atoms with van der Waals surface area (Å²) in [6.45, 7) is 3.01. The second kappa shape index (κ2) is 6.21. The molecular weight excluding hydrogens is 344 g/mol. The summed E-state index contributed by atoms with van der Waals surface area (Å²) >= 11 is 0. The van der Waals surface area contributed by atoms with E-state index in [2.05, 4.69) is 19.4 Å². The zero-order valence-electron chi connectivity index (χ0n) is 14.1. The molecule has 1 amide bonds. The summed E-state index contributed by atoms with van der Waals surface area (Å²) in [6, 6.07) is 7.77. The van der Waals surface area contributed by atoms with Crippen molar-refractivity contribution < 1.29 is 23.0 Å². The number of rotatable bonds is 2. The fourth-order valence-corrected chi connectivity index (χ4v) is 3.02. The number of ether oxygens (including phenoxy) is 2. The summed E-state index contributed by atoms with van der Waals surface area (Å²) < 4.78 is 35.2. The second-order valence-electron chi connectivity index (χ2n) is 6.35. The molecule has 0 bridgehead atoms. The number of aromatic nitrogens is 1. The smallest absolute Gasteiger partial charge is 0.395 e. The van der Waals surface area contributed by atoms with Gasteiger partial charge in [-0.25, -0.2) is 0 Å². The number of benzene rings is 1. The number of amides is 1. The van der Waals surface area contributed by atoms with E-state index in [4.69, 9.17) is 0 Å². The SMILES string of the molecule is CN1CCN(C(=O)c2ccnc(-c3ccc4c(c3)OC(F)(F)O4)c2)CC1. The largest absolute Gasteiger partial charge is 0.586 e. The molecule has 2 aliphatic heterocycles. The van der Waals surface area contributed by atoms with Crippen LogP contribution in [0.15, 0.2) is 36.5 Å². The maximum absolute atomic E-state index is 13.2. The van der Waals surface area contributed by atoms with Crippen LogP contribution in [0, 0.1) is 0 Å². The van der Waals surface area contributed by atoms with Crippen molar-refractivity contribution in [1.82, 2.24) is 14.8 Å². The number of halogens is 2. The topological polar surface area (TPSA) is 54.9 Å². The molecule has 1 aromatic heterocycles. The Hall–Kier alpha value is -2.74. The van der Waals surface area contributed by atoms with Gasteiger partial charge in [-0.3, -0.25) is 9.78 Å². The lowest BCUT2D eigenvalue weighted by Crippen LogP contribution is -2.47. The molecule has 2 aromatic rings. The lowest BCUT2D eigenvalue weighted by molar-refractivity contribution is -0.286. The van der Waals surface area contributed by atoms with E-state index in [1.165, 1.54) is 18.3 Å². The molecule has 6 nitrogen and oxygen atoms in total. The number of hydrogen-bond donors (Lipinski definition) is 0. The van der Waals surface area contributed by atoms with Gasteiger partial charge < -0.3 is 19.3 Å². The van der Waals surface area contributed by atoms with E-state index in [-0.39, 0.29) is 17.4 Å². The summed E-state index contributed by atoms with van der Waals surface area (Å²) in [4.78, 5) is 20.9. The van der Waals surface area contributed by atoms with Crippen molar-refractivity contribution in [2.24, 2.45) is 0 Å². The van der Waals surface area contributed by atoms with Crippen LogP contribution in [0.25, 0.3) is 11.3 Å². The first-order chi connectivity index (χ1) is 12.4. The summed E-state index contributed by atoms with van der Waals surface area (Å²) in [5.41, 5.74) is 1.59. The fourth-order valence-electron chi connectivity index (χ4n) is 3.02. The average Bonchev–Trinajstić information content (AvgIpc) is 2.94. The Balaban J connectivity index is 1.58. The van der Waals surface area contributed by atoms with Gasteiger partial charge in [-0.2, -0.15) is 0 Å². The minimum absolute atomic E-state index is 0.0246. The predicted octanol–water partition coefficient (Wildman–Crippen LogP) is 2.46. The fraction of sp³-hybridized carbons (Fsp3) is 0.333. The number of likely N-dealkylation sites (N-methyl/N-ethyl adjacent to an activating group) is 1. The van der Waals surface area contributed by atoms with Crippen molar-refractivity contribution >= 4 is 5.91 Å². The molecule has 3 heterocycles. The van der Waals surface area contributed by atoms with E-state index in [1.54, 1.807) is 23.1 Å². The third-order valence-corrected chi connectivity index (χ3v) is 4.49. The molecule has 8 heteroatoms. The van der Waals surface area contributed by atoms with E-state index in [9.17, 15) is 13.6 Å². The van der Waals surface area contributed by atoms with Gasteiger partial charge in [-0.1, -0.05) is 0 Å². The standard InChI is InChI=1S/C18H17F2N3O3/c1-22-6-8-23(9-7-22)17(24)13-4-5-21-14(10-13)12-2-3-15-16(11-12)26-18(19,20)25-15/h2-5,10-11H,6-9H2,1H3. The molecule has 0 unspecified atom stereocenters. The summed E-state index contributed by atoms with van der Waals surface area (Å²) in [5, 5.41) is 0. The van der Waals surface area contributed by atoms with Crippen LogP contribution < -0.4 is 9.47 Å². The molecule has 136 valence electrons. The molecule has 0 saturated carbocycles. The molecule has 0 atom stereocenters. The molecule has 4 rings (SSSR count). The van der Waals surface area contributed by atoms with E-state index in [0.717, 1.165) is 13.1 Å². The molecule has 1 aromatic carbocycles. The highest BCUT2D eigenvalue weighted by atomic mass is 19.3. The van der Waals surface area contributed by atoms with Crippen LogP contribution in [0.4, 0.5) is 8.78 Å². The van der Waals surface area contributed by atoms with Crippen LogP contribution in [0.1, 0.15) is 10.4 Å². The summed E-state index contributed by atoms with van der Waals surface area (Å²) in [7, 11) is 2.02. The molecular formula is C18H17F2N3O3. The Morgan fingerprint density at radius 2 is 1.81 bits per heavy atom. The molecule has 2 aliphatic rings. The van der Waals surface area contributed by atoms with Gasteiger partial charge in [0.15, 0.2) is 11.5 Å². The quantitative estimate of drug-likeness (QED) is 0.823. The zero-order valence-corrected chi connectivity index (χ0v) is 14.1. The summed E-state index contributed by atoms with van der Waals surface area (Å²) in [5.74, 6) is -0.137. The van der Waals surface area contributed by atoms with E-state index < -0.39 is 6.29 Å². The van der Waals surface area contributed by atoms with Gasteiger partial charge in [0.05, 0.1) is 5.69 Å². The second-order valence-corrected chi connectivity index (χ2v) is 6.35. The molecule has 0 radical (unpaired) electrons. The number of carbonyl (C=O) groups is 1. The first-order valence-corrected chi connectivity index (χ1v) is 8.25. The highest BCUT2D eigenvalue weighted by Gasteiger charge is 2.43. The molecule has 1 fully saturated rings. The van der Waals surface area contributed by atoms with E-state index >= 15 is 0 Å². The number of alkyl halides is 2. The van der Waals surface area contributed by atoms with Crippen molar-refractivity contribution in [2.75, 3.05) is 33.2 Å². The van der Waals surface area contributed by atoms with Gasteiger partial charge in [0.1, 0.15) is 0 Å². The Morgan fingerprint density at radius 3 is 2.58 bits per heavy atom. The Bertz CT molecular complexity index is 851. The summed E-state index contributed by atoms with van der Waals surface area (Å²) in [6.07, 6.45) is -2.12. The first kappa shape index (κ1) is 16.7. The molecule has 1 saturated heterocycles. The van der Waals surface area contributed by atoms with Crippen LogP contribution in [0.3, 0.4) is 0 Å². The van der Waals surface area contributed by atoms with Gasteiger partial charge in [0, 0.05) is 43.5 Å². The van der Waals surface area contributed by atoms with Crippen LogP contribution in [-0.4, -0.2) is 60.2 Å². The number of piperazine rings is 1. The minimum Gasteiger partial charge on any atom is -0.395 e. The van der Waals surface area contributed by atoms with E-state index in [0.29, 0.717) is 29.9 Å². The first-order valence-electron chi connectivity index (χ1n) is 8.25. The molecule has 0 spiro atoms. The van der Waals surface area contributed by atoms with Crippen molar-refractivity contribution in [3.05, 3.63) is 42.1 Å². The monoisotopic (exact) mass is 361 g/mol. The molecule has 0 aliphatic carbocycles. The van der Waals surface area contributed by atoms with Gasteiger partial charge in [0.25, 0.3) is 5.91 Å². The molecule has 26 heavy (non-hydrogen) atoms. The number of fused-ring (bicyclic) bond motifs is 1. The molecule has 0 N–H and O–H groups in total. The zero-order chi connectivity index (χ0) is 18.3. The maximum Gasteiger partial charge on any atom is 0.586 e. The van der Waals surface area contributed by atoms with E-state index in [1.807, 2.05) is 7.05 Å². The minimum atomic E-state index is -3.66. The third kappa shape index (κ3) is 3.20. The number of carbonyl (C=O) groups excluding carboxylic acids is 1. The van der Waals surface area contributed by atoms with Crippen LogP contribution in [-0.2, 0) is 0 Å². The number of hydrogen-bond acceptors (Lipinski definition) is 5. The maximum atomic E-state index is 13.2. The van der Waals surface area contributed by atoms with Crippen molar-refractivity contribution in [1.29, 1.82) is 0 Å². The number of pyridine rings is 1. The van der Waals surface area contributed by atoms with Crippen molar-refractivity contribution in [3.63, 3.8) is 0 Å². The van der Waals surface area contributed by atoms with Crippen LogP contribution in [0.2, 0.25) is 0 Å². The van der Waals surface area contributed by atoms with Gasteiger partial charge >= 0.3 is 6.29 Å². The third-order valence-electron chi connectivity index (χ3n) is 4.49. The Morgan fingerprint density at radius 1 is 1.08 bits per heavy atom.